The molecule has 176 valence electrons. The number of hydrogen-bond acceptors (Lipinski definition) is 0. The first-order valence-corrected chi connectivity index (χ1v) is 15.2. The van der Waals surface area contributed by atoms with E-state index in [4.69, 9.17) is 0 Å². The van der Waals surface area contributed by atoms with Gasteiger partial charge in [-0.25, -0.2) is 0 Å². The summed E-state index contributed by atoms with van der Waals surface area (Å²) >= 11 is 0. The molecule has 0 N–H and O–H groups in total. The van der Waals surface area contributed by atoms with Crippen LogP contribution in [0.4, 0.5) is 0 Å². The number of benzene rings is 1. The fourth-order valence-corrected chi connectivity index (χ4v) is 4.11. The topological polar surface area (TPSA) is 0 Å². The molecular weight excluding hydrogens is 448 g/mol. The third-order valence-electron chi connectivity index (χ3n) is 6.98. The van der Waals surface area contributed by atoms with Crippen LogP contribution in [-0.4, -0.2) is 8.07 Å². The summed E-state index contributed by atoms with van der Waals surface area (Å²) in [6.45, 7) is 28.7. The Kier molecular flexibility index (Phi) is 14.4. The number of rotatable bonds is 2. The Bertz CT molecular complexity index is 556. The van der Waals surface area contributed by atoms with Gasteiger partial charge in [-0.2, -0.15) is 0 Å². The van der Waals surface area contributed by atoms with Crippen molar-refractivity contribution < 1.29 is 21.7 Å². The molecule has 3 rings (SSSR count). The Balaban J connectivity index is 0.000000461. The Morgan fingerprint density at radius 3 is 0.909 bits per heavy atom. The van der Waals surface area contributed by atoms with E-state index in [1.54, 1.807) is 0 Å². The second kappa shape index (κ2) is 14.5. The summed E-state index contributed by atoms with van der Waals surface area (Å²) in [5.41, 5.74) is 4.45. The monoisotopic (exact) mass is 492 g/mol. The maximum absolute atomic E-state index is 3.33. The molecule has 0 unspecified atom stereocenters. The van der Waals surface area contributed by atoms with Crippen molar-refractivity contribution in [3.63, 3.8) is 0 Å². The van der Waals surface area contributed by atoms with Crippen molar-refractivity contribution >= 4 is 8.07 Å². The van der Waals surface area contributed by atoms with Gasteiger partial charge in [0.25, 0.3) is 0 Å². The van der Waals surface area contributed by atoms with E-state index in [1.807, 2.05) is 30.3 Å². The molecular formula is C31H44SiTi. The molecule has 33 heavy (non-hydrogen) atoms. The minimum atomic E-state index is -1.20. The second-order valence-electron chi connectivity index (χ2n) is 10.1. The molecule has 2 aliphatic rings. The van der Waals surface area contributed by atoms with Gasteiger partial charge in [0.2, 0.25) is 0 Å². The third kappa shape index (κ3) is 9.81. The minimum absolute atomic E-state index is 0. The normalized spacial score (nSPS) is 21.7. The molecule has 0 amide bonds. The van der Waals surface area contributed by atoms with Crippen LogP contribution in [0.15, 0.2) is 30.3 Å². The van der Waals surface area contributed by atoms with Gasteiger partial charge in [-0.15, -0.1) is 0 Å². The van der Waals surface area contributed by atoms with Crippen molar-refractivity contribution in [3.05, 3.63) is 107 Å². The molecule has 2 fully saturated rings. The van der Waals surface area contributed by atoms with Crippen LogP contribution in [0.2, 0.25) is 19.6 Å². The van der Waals surface area contributed by atoms with Gasteiger partial charge in [-0.3, -0.25) is 0 Å². The van der Waals surface area contributed by atoms with Crippen LogP contribution in [0.3, 0.4) is 0 Å². The van der Waals surface area contributed by atoms with Crippen LogP contribution in [0.25, 0.3) is 0 Å². The SMILES string of the molecule is C[C]1[C](C)[C](C)[C](C)[C]1C.C[C]1[C](C)[C](C)[C](C)[C]1C.C[Si](C)(C)[C]=[C]c1ccccc1.[Ti]. The summed E-state index contributed by atoms with van der Waals surface area (Å²) in [7, 11) is -1.20. The fraction of sp³-hybridized carbons (Fsp3) is 0.419. The van der Waals surface area contributed by atoms with E-state index < -0.39 is 8.07 Å². The first kappa shape index (κ1) is 32.9. The van der Waals surface area contributed by atoms with E-state index in [9.17, 15) is 0 Å². The van der Waals surface area contributed by atoms with Gasteiger partial charge in [-0.1, -0.05) is 125 Å². The second-order valence-corrected chi connectivity index (χ2v) is 14.9. The van der Waals surface area contributed by atoms with Crippen molar-refractivity contribution in [1.82, 2.24) is 0 Å². The first-order valence-electron chi connectivity index (χ1n) is 11.7. The largest absolute Gasteiger partial charge is 0.0783 e. The molecule has 12 radical (unpaired) electrons. The van der Waals surface area contributed by atoms with Gasteiger partial charge < -0.3 is 0 Å². The quantitative estimate of drug-likeness (QED) is 0.361. The summed E-state index contributed by atoms with van der Waals surface area (Å²) in [5.74, 6) is 14.7. The molecule has 2 heteroatoms. The Morgan fingerprint density at radius 2 is 0.697 bits per heavy atom. The van der Waals surface area contributed by atoms with Crippen LogP contribution in [0.5, 0.6) is 0 Å². The maximum atomic E-state index is 3.33. The average molecular weight is 493 g/mol. The van der Waals surface area contributed by atoms with E-state index in [1.165, 1.54) is 59.2 Å². The zero-order valence-corrected chi connectivity index (χ0v) is 25.9. The minimum Gasteiger partial charge on any atom is -0.0656 e. The van der Waals surface area contributed by atoms with E-state index in [-0.39, 0.29) is 21.7 Å². The molecule has 0 heterocycles. The van der Waals surface area contributed by atoms with Crippen LogP contribution >= 0.6 is 0 Å². The zero-order chi connectivity index (χ0) is 24.8. The van der Waals surface area contributed by atoms with Gasteiger partial charge in [0, 0.05) is 21.7 Å². The van der Waals surface area contributed by atoms with Gasteiger partial charge in [0.1, 0.15) is 0 Å². The fourth-order valence-electron chi connectivity index (χ4n) is 3.59. The van der Waals surface area contributed by atoms with Crippen LogP contribution < -0.4 is 0 Å². The Labute approximate surface area is 224 Å². The molecule has 0 spiro atoms. The van der Waals surface area contributed by atoms with Gasteiger partial charge in [0.15, 0.2) is 0 Å². The average Bonchev–Trinajstić information content (AvgIpc) is 3.03. The van der Waals surface area contributed by atoms with E-state index in [0.717, 1.165) is 5.56 Å². The van der Waals surface area contributed by atoms with Crippen LogP contribution in [-0.2, 0) is 21.7 Å². The molecule has 0 aromatic heterocycles. The molecule has 0 nitrogen and oxygen atoms in total. The first-order chi connectivity index (χ1) is 14.7. The van der Waals surface area contributed by atoms with Crippen LogP contribution in [0.1, 0.15) is 74.8 Å². The van der Waals surface area contributed by atoms with Gasteiger partial charge in [-0.05, 0) is 70.8 Å². The summed E-state index contributed by atoms with van der Waals surface area (Å²) in [4.78, 5) is 0. The molecule has 0 aliphatic heterocycles. The Hall–Kier alpha value is -0.109. The summed E-state index contributed by atoms with van der Waals surface area (Å²) in [5, 5.41) is 0. The van der Waals surface area contributed by atoms with Crippen molar-refractivity contribution in [2.24, 2.45) is 0 Å². The van der Waals surface area contributed by atoms with Crippen molar-refractivity contribution in [1.29, 1.82) is 0 Å². The number of hydrogen-bond donors (Lipinski definition) is 0. The van der Waals surface area contributed by atoms with E-state index >= 15 is 0 Å². The molecule has 2 saturated carbocycles. The third-order valence-corrected chi connectivity index (χ3v) is 7.86. The predicted octanol–water partition coefficient (Wildman–Crippen LogP) is 9.02. The van der Waals surface area contributed by atoms with Crippen molar-refractivity contribution in [2.45, 2.75) is 88.9 Å². The summed E-state index contributed by atoms with van der Waals surface area (Å²) in [6.07, 6.45) is 3.20. The zero-order valence-electron chi connectivity index (χ0n) is 23.4. The molecule has 0 saturated heterocycles. The molecule has 0 atom stereocenters. The molecule has 1 aromatic carbocycles. The van der Waals surface area contributed by atoms with E-state index in [2.05, 4.69) is 101 Å². The Morgan fingerprint density at radius 1 is 0.455 bits per heavy atom. The molecule has 0 bridgehead atoms. The van der Waals surface area contributed by atoms with Crippen LogP contribution in [0, 0.1) is 71.0 Å². The predicted molar refractivity (Wildman–Crippen MR) is 145 cm³/mol. The van der Waals surface area contributed by atoms with Gasteiger partial charge in [0.05, 0.1) is 8.07 Å². The van der Waals surface area contributed by atoms with Crippen molar-refractivity contribution in [2.75, 3.05) is 0 Å². The smallest absolute Gasteiger partial charge is 0.0656 e. The summed E-state index contributed by atoms with van der Waals surface area (Å²) < 4.78 is 0. The van der Waals surface area contributed by atoms with Crippen molar-refractivity contribution in [3.8, 4) is 0 Å². The van der Waals surface area contributed by atoms with Gasteiger partial charge >= 0.3 is 0 Å². The molecule has 1 aromatic rings. The summed E-state index contributed by atoms with van der Waals surface area (Å²) in [6, 6.07) is 10.2. The van der Waals surface area contributed by atoms with E-state index in [0.29, 0.717) is 0 Å². The molecule has 2 aliphatic carbocycles. The maximum Gasteiger partial charge on any atom is 0.0783 e. The standard InChI is InChI=1S/C11H14Si.2C10H15.Ti/c1-12(2,3)10-9-11-7-5-4-6-8-11;2*1-6-7(2)9(4)10(5)8(6)3;/h4-8H,1-3H3;2*1-5H3;.